The third kappa shape index (κ3) is 7.72. The molecule has 1 N–H and O–H groups in total. The van der Waals surface area contributed by atoms with Crippen LogP contribution in [-0.2, 0) is 22.5 Å². The second-order valence-electron chi connectivity index (χ2n) is 7.65. The van der Waals surface area contributed by atoms with Crippen LogP contribution in [0.15, 0.2) is 52.5 Å². The van der Waals surface area contributed by atoms with Crippen molar-refractivity contribution >= 4 is 52.5 Å². The molecule has 2 aromatic carbocycles. The Morgan fingerprint density at radius 3 is 2.54 bits per heavy atom. The van der Waals surface area contributed by atoms with E-state index in [1.807, 2.05) is 31.2 Å². The molecule has 1 amide bonds. The highest BCUT2D eigenvalue weighted by molar-refractivity contribution is 7.99. The summed E-state index contributed by atoms with van der Waals surface area (Å²) in [5, 5.41) is 12.2. The zero-order valence-corrected chi connectivity index (χ0v) is 21.5. The van der Waals surface area contributed by atoms with Crippen LogP contribution in [0.5, 0.6) is 0 Å². The summed E-state index contributed by atoms with van der Waals surface area (Å²) in [6, 6.07) is 9.97. The Morgan fingerprint density at radius 1 is 1.23 bits per heavy atom. The van der Waals surface area contributed by atoms with Crippen molar-refractivity contribution in [3.05, 3.63) is 75.2 Å². The number of aromatic nitrogens is 3. The van der Waals surface area contributed by atoms with Gasteiger partial charge in [-0.3, -0.25) is 4.79 Å². The van der Waals surface area contributed by atoms with Crippen LogP contribution >= 0.6 is 35.0 Å². The number of halogens is 2. The number of hydrogen-bond donors (Lipinski definition) is 1. The van der Waals surface area contributed by atoms with Gasteiger partial charge in [0.15, 0.2) is 11.5 Å². The molecule has 1 heterocycles. The molecular weight excluding hydrogens is 509 g/mol. The van der Waals surface area contributed by atoms with E-state index in [9.17, 15) is 9.59 Å². The molecule has 182 valence electrons. The van der Waals surface area contributed by atoms with Crippen LogP contribution in [0.25, 0.3) is 4.85 Å². The molecule has 0 saturated carbocycles. The lowest BCUT2D eigenvalue weighted by Crippen LogP contribution is -2.42. The monoisotopic (exact) mass is 531 g/mol. The fourth-order valence-electron chi connectivity index (χ4n) is 3.16. The van der Waals surface area contributed by atoms with Gasteiger partial charge in [0.1, 0.15) is 11.6 Å². The summed E-state index contributed by atoms with van der Waals surface area (Å²) in [7, 11) is 0. The molecule has 1 unspecified atom stereocenters. The SMILES string of the molecule is [C-]#[N+]c1ccc(CCOC(=O)NC(CC)C(=O)Cn2cc(Sc3c(Cl)cc(C)cc3Cl)nn2)cc1. The minimum absolute atomic E-state index is 0.0604. The Balaban J connectivity index is 1.49. The highest BCUT2D eigenvalue weighted by atomic mass is 35.5. The average Bonchev–Trinajstić information content (AvgIpc) is 3.27. The molecule has 1 atom stereocenters. The number of aryl methyl sites for hydroxylation is 1. The number of amides is 1. The molecule has 3 aromatic rings. The van der Waals surface area contributed by atoms with E-state index in [0.717, 1.165) is 11.1 Å². The molecule has 0 spiro atoms. The maximum Gasteiger partial charge on any atom is 0.407 e. The lowest BCUT2D eigenvalue weighted by Gasteiger charge is -2.15. The van der Waals surface area contributed by atoms with Crippen LogP contribution in [0.3, 0.4) is 0 Å². The van der Waals surface area contributed by atoms with Crippen molar-refractivity contribution in [3.8, 4) is 0 Å². The zero-order valence-electron chi connectivity index (χ0n) is 19.1. The minimum Gasteiger partial charge on any atom is -0.449 e. The first-order chi connectivity index (χ1) is 16.8. The van der Waals surface area contributed by atoms with Crippen molar-refractivity contribution in [2.24, 2.45) is 0 Å². The molecule has 0 aliphatic carbocycles. The summed E-state index contributed by atoms with van der Waals surface area (Å²) in [6.07, 6.45) is 1.86. The third-order valence-corrected chi connectivity index (χ3v) is 6.82. The van der Waals surface area contributed by atoms with Crippen LogP contribution in [0.4, 0.5) is 10.5 Å². The Kier molecular flexibility index (Phi) is 9.55. The van der Waals surface area contributed by atoms with Gasteiger partial charge in [-0.2, -0.15) is 0 Å². The van der Waals surface area contributed by atoms with E-state index in [2.05, 4.69) is 20.5 Å². The van der Waals surface area contributed by atoms with Crippen LogP contribution < -0.4 is 5.32 Å². The van der Waals surface area contributed by atoms with Gasteiger partial charge in [-0.05, 0) is 36.6 Å². The summed E-state index contributed by atoms with van der Waals surface area (Å²) in [5.74, 6) is -0.230. The van der Waals surface area contributed by atoms with Gasteiger partial charge in [-0.15, -0.1) is 5.10 Å². The molecule has 0 aliphatic rings. The van der Waals surface area contributed by atoms with Gasteiger partial charge in [-0.25, -0.2) is 14.3 Å². The number of benzene rings is 2. The largest absolute Gasteiger partial charge is 0.449 e. The molecule has 0 aliphatic heterocycles. The Bertz CT molecular complexity index is 1220. The number of nitrogens with one attached hydrogen (secondary N) is 1. The smallest absolute Gasteiger partial charge is 0.407 e. The van der Waals surface area contributed by atoms with Crippen molar-refractivity contribution in [1.82, 2.24) is 20.3 Å². The predicted molar refractivity (Wildman–Crippen MR) is 135 cm³/mol. The molecule has 0 bridgehead atoms. The number of ketones is 1. The van der Waals surface area contributed by atoms with E-state index in [-0.39, 0.29) is 18.9 Å². The van der Waals surface area contributed by atoms with Crippen LogP contribution in [-0.4, -0.2) is 39.5 Å². The minimum atomic E-state index is -0.721. The van der Waals surface area contributed by atoms with Gasteiger partial charge in [0.05, 0.1) is 40.4 Å². The zero-order chi connectivity index (χ0) is 25.4. The van der Waals surface area contributed by atoms with Crippen molar-refractivity contribution in [3.63, 3.8) is 0 Å². The van der Waals surface area contributed by atoms with Crippen LogP contribution in [0.1, 0.15) is 24.5 Å². The second-order valence-corrected chi connectivity index (χ2v) is 9.49. The molecular formula is C24H23Cl2N5O3S. The van der Waals surface area contributed by atoms with Crippen LogP contribution in [0.2, 0.25) is 10.0 Å². The number of carbonyl (C=O) groups excluding carboxylic acids is 2. The normalized spacial score (nSPS) is 11.5. The van der Waals surface area contributed by atoms with E-state index in [4.69, 9.17) is 34.5 Å². The molecule has 3 rings (SSSR count). The number of nitrogens with zero attached hydrogens (tertiary/aromatic N) is 4. The maximum atomic E-state index is 12.7. The van der Waals surface area contributed by atoms with Gasteiger partial charge in [0.25, 0.3) is 0 Å². The Morgan fingerprint density at radius 2 is 1.91 bits per heavy atom. The van der Waals surface area contributed by atoms with E-state index in [0.29, 0.717) is 38.5 Å². The Labute approximate surface area is 217 Å². The molecule has 0 radical (unpaired) electrons. The molecule has 1 aromatic heterocycles. The molecule has 35 heavy (non-hydrogen) atoms. The highest BCUT2D eigenvalue weighted by Crippen LogP contribution is 2.38. The fourth-order valence-corrected chi connectivity index (χ4v) is 4.76. The quantitative estimate of drug-likeness (QED) is 0.327. The topological polar surface area (TPSA) is 90.5 Å². The third-order valence-electron chi connectivity index (χ3n) is 4.96. The maximum absolute atomic E-state index is 12.7. The average molecular weight is 532 g/mol. The summed E-state index contributed by atoms with van der Waals surface area (Å²) in [4.78, 5) is 28.9. The van der Waals surface area contributed by atoms with Gasteiger partial charge >= 0.3 is 6.09 Å². The van der Waals surface area contributed by atoms with Gasteiger partial charge in [0.2, 0.25) is 0 Å². The van der Waals surface area contributed by atoms with Crippen molar-refractivity contribution in [2.75, 3.05) is 6.61 Å². The first kappa shape index (κ1) is 26.5. The van der Waals surface area contributed by atoms with E-state index in [1.54, 1.807) is 25.3 Å². The van der Waals surface area contributed by atoms with Crippen molar-refractivity contribution < 1.29 is 14.3 Å². The first-order valence-electron chi connectivity index (χ1n) is 10.7. The van der Waals surface area contributed by atoms with E-state index in [1.165, 1.54) is 16.4 Å². The first-order valence-corrected chi connectivity index (χ1v) is 12.3. The molecule has 0 fully saturated rings. The standard InChI is InChI=1S/C24H23Cl2N5O3S/c1-4-20(28-24(33)34-10-9-16-5-7-17(27-3)8-6-16)21(32)13-31-14-22(29-30-31)35-23-18(25)11-15(2)12-19(23)26/h5-8,11-12,14,20H,4,9-10,13H2,1-2H3,(H,28,33). The highest BCUT2D eigenvalue weighted by Gasteiger charge is 2.21. The van der Waals surface area contributed by atoms with Crippen molar-refractivity contribution in [1.29, 1.82) is 0 Å². The molecule has 8 nitrogen and oxygen atoms in total. The lowest BCUT2D eigenvalue weighted by atomic mass is 10.1. The molecule has 0 saturated heterocycles. The number of rotatable bonds is 10. The van der Waals surface area contributed by atoms with Gasteiger partial charge in [0, 0.05) is 6.42 Å². The number of carbonyl (C=O) groups is 2. The van der Waals surface area contributed by atoms with Gasteiger partial charge in [-0.1, -0.05) is 71.4 Å². The van der Waals surface area contributed by atoms with Gasteiger partial charge < -0.3 is 10.1 Å². The number of Topliss-reactive ketones (excluding diaryl/α,β-unsaturated/α-hetero) is 1. The number of alkyl carbamates (subject to hydrolysis) is 1. The summed E-state index contributed by atoms with van der Waals surface area (Å²) >= 11 is 13.8. The number of ether oxygens (including phenoxy) is 1. The predicted octanol–water partition coefficient (Wildman–Crippen LogP) is 5.91. The number of hydrogen-bond acceptors (Lipinski definition) is 6. The van der Waals surface area contributed by atoms with Crippen molar-refractivity contribution in [2.45, 2.75) is 49.2 Å². The van der Waals surface area contributed by atoms with Crippen LogP contribution in [0, 0.1) is 13.5 Å². The lowest BCUT2D eigenvalue weighted by molar-refractivity contribution is -0.121. The fraction of sp³-hybridized carbons (Fsp3) is 0.292. The molecule has 11 heteroatoms. The summed E-state index contributed by atoms with van der Waals surface area (Å²) in [5.41, 5.74) is 2.45. The van der Waals surface area contributed by atoms with E-state index >= 15 is 0 Å². The van der Waals surface area contributed by atoms with E-state index < -0.39 is 12.1 Å². The summed E-state index contributed by atoms with van der Waals surface area (Å²) in [6.45, 7) is 10.8. The Hall–Kier alpha value is -3.06. The summed E-state index contributed by atoms with van der Waals surface area (Å²) < 4.78 is 6.62. The second kappa shape index (κ2) is 12.6.